The summed E-state index contributed by atoms with van der Waals surface area (Å²) in [5.74, 6) is -0.166. The van der Waals surface area contributed by atoms with Crippen LogP contribution in [-0.4, -0.2) is 71.0 Å². The highest BCUT2D eigenvalue weighted by Gasteiger charge is 2.45. The molecule has 0 bridgehead atoms. The van der Waals surface area contributed by atoms with E-state index in [0.717, 1.165) is 0 Å². The fourth-order valence-corrected chi connectivity index (χ4v) is 3.04. The summed E-state index contributed by atoms with van der Waals surface area (Å²) in [5.41, 5.74) is 4.89. The predicted octanol–water partition coefficient (Wildman–Crippen LogP) is -2.56. The van der Waals surface area contributed by atoms with Crippen molar-refractivity contribution in [1.29, 1.82) is 0 Å². The Morgan fingerprint density at radius 1 is 1.26 bits per heavy atom. The van der Waals surface area contributed by atoms with Gasteiger partial charge in [0.25, 0.3) is 5.56 Å². The minimum Gasteiger partial charge on any atom is -0.394 e. The molecular formula is C11H14BrN5O6. The van der Waals surface area contributed by atoms with Gasteiger partial charge in [0.1, 0.15) is 24.4 Å². The van der Waals surface area contributed by atoms with Gasteiger partial charge in [0.15, 0.2) is 22.1 Å². The number of nitrogen functional groups attached to an aromatic ring is 1. The Labute approximate surface area is 136 Å². The molecule has 1 aliphatic rings. The molecule has 7 N–H and O–H groups in total. The molecule has 0 spiro atoms. The number of aliphatic hydroxyl groups excluding tert-OH is 4. The number of aromatic amines is 1. The Morgan fingerprint density at radius 3 is 2.61 bits per heavy atom. The number of fused-ring (bicyclic) bond motifs is 1. The van der Waals surface area contributed by atoms with Gasteiger partial charge in [-0.3, -0.25) is 14.3 Å². The van der Waals surface area contributed by atoms with Gasteiger partial charge >= 0.3 is 0 Å². The zero-order valence-electron chi connectivity index (χ0n) is 11.5. The Hall–Kier alpha value is -1.57. The van der Waals surface area contributed by atoms with Gasteiger partial charge < -0.3 is 30.9 Å². The molecule has 0 aliphatic carbocycles. The van der Waals surface area contributed by atoms with Crippen molar-refractivity contribution in [3.8, 4) is 0 Å². The van der Waals surface area contributed by atoms with Crippen molar-refractivity contribution >= 4 is 33.0 Å². The Balaban J connectivity index is 2.15. The fourth-order valence-electron chi connectivity index (χ4n) is 2.50. The molecule has 0 amide bonds. The van der Waals surface area contributed by atoms with Crippen molar-refractivity contribution in [2.45, 2.75) is 30.6 Å². The van der Waals surface area contributed by atoms with E-state index in [1.54, 1.807) is 0 Å². The lowest BCUT2D eigenvalue weighted by Crippen LogP contribution is -2.56. The summed E-state index contributed by atoms with van der Waals surface area (Å²) < 4.78 is 6.74. The largest absolute Gasteiger partial charge is 0.394 e. The Bertz CT molecular complexity index is 791. The predicted molar refractivity (Wildman–Crippen MR) is 79.3 cm³/mol. The monoisotopic (exact) mass is 391 g/mol. The molecule has 1 fully saturated rings. The first-order chi connectivity index (χ1) is 10.8. The van der Waals surface area contributed by atoms with Gasteiger partial charge in [-0.05, 0) is 15.9 Å². The first kappa shape index (κ1) is 16.3. The van der Waals surface area contributed by atoms with Crippen LogP contribution in [0.25, 0.3) is 11.2 Å². The standard InChI is InChI=1S/C11H14BrN5O6/c12-10-14-3-7(15-11(13)16-8(3)22)17(10)9-6(21)5(20)4(19)2(1-18)23-9/h2,4-6,9,18-21H,1H2,(H3,13,15,16,22)/t2-,4-,5+,6-,9-/m1/s1. The summed E-state index contributed by atoms with van der Waals surface area (Å²) in [6.45, 7) is -0.582. The lowest BCUT2D eigenvalue weighted by atomic mass is 9.98. The molecule has 2 aromatic rings. The number of hydrogen-bond donors (Lipinski definition) is 6. The second-order valence-corrected chi connectivity index (χ2v) is 5.80. The number of nitrogens with two attached hydrogens (primary N) is 1. The van der Waals surface area contributed by atoms with E-state index < -0.39 is 42.8 Å². The van der Waals surface area contributed by atoms with E-state index in [9.17, 15) is 25.2 Å². The summed E-state index contributed by atoms with van der Waals surface area (Å²) in [6, 6.07) is 0. The third-order valence-electron chi connectivity index (χ3n) is 3.65. The number of rotatable bonds is 2. The number of aromatic nitrogens is 4. The quantitative estimate of drug-likeness (QED) is 0.300. The topological polar surface area (TPSA) is 180 Å². The second-order valence-electron chi connectivity index (χ2n) is 5.09. The van der Waals surface area contributed by atoms with Crippen LogP contribution in [0, 0.1) is 0 Å². The average Bonchev–Trinajstić information content (AvgIpc) is 2.82. The third kappa shape index (κ3) is 2.52. The minimum atomic E-state index is -1.57. The molecule has 5 atom stereocenters. The summed E-state index contributed by atoms with van der Waals surface area (Å²) in [4.78, 5) is 22.1. The first-order valence-corrected chi connectivity index (χ1v) is 7.38. The number of H-pyrrole nitrogens is 1. The zero-order valence-corrected chi connectivity index (χ0v) is 13.1. The van der Waals surface area contributed by atoms with Crippen LogP contribution in [0.2, 0.25) is 0 Å². The van der Waals surface area contributed by atoms with Crippen molar-refractivity contribution < 1.29 is 25.2 Å². The minimum absolute atomic E-state index is 0.0162. The first-order valence-electron chi connectivity index (χ1n) is 6.59. The van der Waals surface area contributed by atoms with Crippen LogP contribution in [0.15, 0.2) is 9.53 Å². The van der Waals surface area contributed by atoms with Crippen molar-refractivity contribution in [2.75, 3.05) is 12.3 Å². The van der Waals surface area contributed by atoms with Gasteiger partial charge in [0.2, 0.25) is 5.95 Å². The van der Waals surface area contributed by atoms with Crippen LogP contribution < -0.4 is 11.3 Å². The number of nitrogens with zero attached hydrogens (tertiary/aromatic N) is 3. The van der Waals surface area contributed by atoms with Gasteiger partial charge in [0.05, 0.1) is 6.61 Å². The molecule has 0 radical (unpaired) electrons. The number of imidazole rings is 1. The van der Waals surface area contributed by atoms with E-state index >= 15 is 0 Å². The SMILES string of the molecule is Nc1nc2c(nc(Br)n2[C@@H]2O[C@H](CO)[C@@H](O)[C@H](O)[C@H]2O)c(=O)[nH]1. The molecule has 12 heteroatoms. The molecule has 0 aromatic carbocycles. The van der Waals surface area contributed by atoms with Crippen LogP contribution in [0.1, 0.15) is 6.23 Å². The summed E-state index contributed by atoms with van der Waals surface area (Å²) in [6.07, 6.45) is -6.99. The molecule has 1 aliphatic heterocycles. The number of ether oxygens (including phenoxy) is 1. The lowest BCUT2D eigenvalue weighted by molar-refractivity contribution is -0.250. The fraction of sp³-hybridized carbons (Fsp3) is 0.545. The van der Waals surface area contributed by atoms with Gasteiger partial charge in [-0.15, -0.1) is 0 Å². The average molecular weight is 392 g/mol. The van der Waals surface area contributed by atoms with E-state index in [2.05, 4.69) is 30.9 Å². The highest BCUT2D eigenvalue weighted by atomic mass is 79.9. The lowest BCUT2D eigenvalue weighted by Gasteiger charge is -2.40. The maximum Gasteiger partial charge on any atom is 0.280 e. The summed E-state index contributed by atoms with van der Waals surface area (Å²) in [7, 11) is 0. The molecule has 3 heterocycles. The third-order valence-corrected chi connectivity index (χ3v) is 4.21. The molecule has 23 heavy (non-hydrogen) atoms. The van der Waals surface area contributed by atoms with Crippen LogP contribution in [0.5, 0.6) is 0 Å². The number of nitrogens with one attached hydrogen (secondary N) is 1. The van der Waals surface area contributed by atoms with Crippen molar-refractivity contribution in [1.82, 2.24) is 19.5 Å². The van der Waals surface area contributed by atoms with E-state index in [1.807, 2.05) is 0 Å². The molecule has 126 valence electrons. The van der Waals surface area contributed by atoms with Crippen molar-refractivity contribution in [3.63, 3.8) is 0 Å². The molecule has 3 rings (SSSR count). The van der Waals surface area contributed by atoms with Gasteiger partial charge in [-0.1, -0.05) is 0 Å². The van der Waals surface area contributed by atoms with Crippen LogP contribution in [-0.2, 0) is 4.74 Å². The summed E-state index contributed by atoms with van der Waals surface area (Å²) in [5, 5.41) is 39.1. The van der Waals surface area contributed by atoms with Crippen LogP contribution in [0.3, 0.4) is 0 Å². The maximum absolute atomic E-state index is 11.9. The zero-order chi connectivity index (χ0) is 16.9. The summed E-state index contributed by atoms with van der Waals surface area (Å²) >= 11 is 3.13. The van der Waals surface area contributed by atoms with Gasteiger partial charge in [-0.2, -0.15) is 4.98 Å². The molecule has 0 unspecified atom stereocenters. The van der Waals surface area contributed by atoms with E-state index in [0.29, 0.717) is 0 Å². The molecule has 2 aromatic heterocycles. The van der Waals surface area contributed by atoms with E-state index in [4.69, 9.17) is 10.5 Å². The highest BCUT2D eigenvalue weighted by molar-refractivity contribution is 9.10. The maximum atomic E-state index is 11.9. The molecular weight excluding hydrogens is 378 g/mol. The number of aliphatic hydroxyl groups is 4. The second kappa shape index (κ2) is 5.81. The van der Waals surface area contributed by atoms with E-state index in [-0.39, 0.29) is 21.8 Å². The Morgan fingerprint density at radius 2 is 1.96 bits per heavy atom. The van der Waals surface area contributed by atoms with Gasteiger partial charge in [0, 0.05) is 0 Å². The number of anilines is 1. The number of halogens is 1. The Kier molecular flexibility index (Phi) is 4.12. The highest BCUT2D eigenvalue weighted by Crippen LogP contribution is 2.32. The van der Waals surface area contributed by atoms with E-state index in [1.165, 1.54) is 4.57 Å². The van der Waals surface area contributed by atoms with Crippen LogP contribution >= 0.6 is 15.9 Å². The van der Waals surface area contributed by atoms with Gasteiger partial charge in [-0.25, -0.2) is 4.98 Å². The smallest absolute Gasteiger partial charge is 0.280 e. The number of hydrogen-bond acceptors (Lipinski definition) is 9. The van der Waals surface area contributed by atoms with Crippen molar-refractivity contribution in [3.05, 3.63) is 15.1 Å². The molecule has 1 saturated heterocycles. The molecule has 0 saturated carbocycles. The van der Waals surface area contributed by atoms with Crippen LogP contribution in [0.4, 0.5) is 5.95 Å². The molecule has 11 nitrogen and oxygen atoms in total. The van der Waals surface area contributed by atoms with Crippen molar-refractivity contribution in [2.24, 2.45) is 0 Å². The normalized spacial score (nSPS) is 31.6.